The highest BCUT2D eigenvalue weighted by Crippen LogP contribution is 2.50. The molecule has 1 saturated carbocycles. The summed E-state index contributed by atoms with van der Waals surface area (Å²) in [6.07, 6.45) is 4.97. The molecule has 4 nitrogen and oxygen atoms in total. The molecule has 1 N–H and O–H groups in total. The Bertz CT molecular complexity index is 524. The summed E-state index contributed by atoms with van der Waals surface area (Å²) in [4.78, 5) is 12.5. The summed E-state index contributed by atoms with van der Waals surface area (Å²) < 4.78 is 18.6. The number of hydrogen-bond acceptors (Lipinski definition) is 3. The van der Waals surface area contributed by atoms with Gasteiger partial charge in [-0.05, 0) is 48.5 Å². The van der Waals surface area contributed by atoms with Gasteiger partial charge in [-0.1, -0.05) is 6.42 Å². The lowest BCUT2D eigenvalue weighted by Crippen LogP contribution is -2.64. The molecule has 0 aromatic heterocycles. The Morgan fingerprint density at radius 1 is 1.26 bits per heavy atom. The predicted molar refractivity (Wildman–Crippen MR) is 75.0 cm³/mol. The van der Waals surface area contributed by atoms with E-state index in [2.05, 4.69) is 6.92 Å². The Balaban J connectivity index is 2.07. The number of carbonyl (C=O) groups is 1. The molecule has 1 aliphatic carbocycles. The van der Waals surface area contributed by atoms with Crippen LogP contribution in [0, 0.1) is 5.41 Å². The molecule has 0 amide bonds. The fourth-order valence-electron chi connectivity index (χ4n) is 3.97. The Labute approximate surface area is 114 Å². The molecule has 3 aliphatic rings. The number of hydrogen-bond donors (Lipinski definition) is 1. The number of fused-ring (bicyclic) bond motifs is 1. The van der Waals surface area contributed by atoms with E-state index < -0.39 is 20.9 Å². The van der Waals surface area contributed by atoms with Crippen LogP contribution in [0.15, 0.2) is 0 Å². The van der Waals surface area contributed by atoms with Crippen LogP contribution in [0.3, 0.4) is 0 Å². The van der Waals surface area contributed by atoms with Gasteiger partial charge in [-0.2, -0.15) is 0 Å². The van der Waals surface area contributed by atoms with Crippen LogP contribution in [-0.4, -0.2) is 43.9 Å². The predicted octanol–water partition coefficient (Wildman–Crippen LogP) is 1.67. The van der Waals surface area contributed by atoms with Crippen LogP contribution in [-0.2, 0) is 19.1 Å². The molecule has 5 heteroatoms. The van der Waals surface area contributed by atoms with Gasteiger partial charge >= 0.3 is 5.97 Å². The summed E-state index contributed by atoms with van der Waals surface area (Å²) in [5.74, 6) is -0.377. The molecule has 0 bridgehead atoms. The van der Waals surface area contributed by atoms with Crippen LogP contribution in [0.2, 0.25) is 0 Å². The molecule has 0 aromatic carbocycles. The zero-order valence-corrected chi connectivity index (χ0v) is 12.3. The standard InChI is InChI=1S/C14H22O4S/c1-13(6-8-18-9-7-13)19(17)10-14(12(15)16)5-3-2-4-11(14)19/h2-10H2,1H3,(H,15,16). The number of carboxylic acids is 1. The first-order valence-corrected chi connectivity index (χ1v) is 8.86. The van der Waals surface area contributed by atoms with Crippen molar-refractivity contribution >= 4 is 20.4 Å². The van der Waals surface area contributed by atoms with Crippen molar-refractivity contribution in [3.63, 3.8) is 0 Å². The molecule has 3 rings (SSSR count). The fourth-order valence-corrected chi connectivity index (χ4v) is 8.17. The summed E-state index contributed by atoms with van der Waals surface area (Å²) in [5.41, 5.74) is -0.753. The average molecular weight is 286 g/mol. The van der Waals surface area contributed by atoms with E-state index in [1.165, 1.54) is 0 Å². The summed E-state index contributed by atoms with van der Waals surface area (Å²) in [6.45, 7) is 3.38. The maximum Gasteiger partial charge on any atom is 0.315 e. The van der Waals surface area contributed by atoms with Crippen molar-refractivity contribution in [1.29, 1.82) is 0 Å². The number of carboxylic acid groups (broad SMARTS) is 1. The van der Waals surface area contributed by atoms with Gasteiger partial charge in [0, 0.05) is 28.6 Å². The highest BCUT2D eigenvalue weighted by Gasteiger charge is 2.60. The molecule has 2 aliphatic heterocycles. The first-order valence-electron chi connectivity index (χ1n) is 7.14. The van der Waals surface area contributed by atoms with Gasteiger partial charge in [0.1, 0.15) is 5.41 Å². The fraction of sp³-hybridized carbons (Fsp3) is 0.857. The van der Waals surface area contributed by atoms with Crippen molar-refractivity contribution in [2.45, 2.75) is 50.2 Å². The van der Waals surface area contributed by atoms with Gasteiger partial charge in [0.15, 0.2) is 0 Å². The molecule has 0 aromatic rings. The van der Waals surface area contributed by atoms with E-state index in [-0.39, 0.29) is 4.75 Å². The van der Waals surface area contributed by atoms with Gasteiger partial charge in [0.25, 0.3) is 0 Å². The summed E-state index contributed by atoms with van der Waals surface area (Å²) in [5, 5.41) is 9.56. The van der Waals surface area contributed by atoms with Crippen LogP contribution >= 0.6 is 0 Å². The maximum absolute atomic E-state index is 13.4. The van der Waals surface area contributed by atoms with E-state index >= 15 is 0 Å². The first kappa shape index (κ1) is 13.4. The van der Waals surface area contributed by atoms with E-state index in [0.29, 0.717) is 25.4 Å². The van der Waals surface area contributed by atoms with E-state index in [9.17, 15) is 14.1 Å². The van der Waals surface area contributed by atoms with Crippen LogP contribution < -0.4 is 0 Å². The SMILES string of the molecule is CC1(S2(=O)=C3CCCCC3(C(=O)O)C2)CCOCC1. The molecule has 2 unspecified atom stereocenters. The highest BCUT2D eigenvalue weighted by molar-refractivity contribution is 8.05. The van der Waals surface area contributed by atoms with Crippen LogP contribution in [0.4, 0.5) is 0 Å². The molecule has 2 heterocycles. The average Bonchev–Trinajstić information content (AvgIpc) is 2.37. The second-order valence-electron chi connectivity index (χ2n) is 6.40. The lowest BCUT2D eigenvalue weighted by Gasteiger charge is -2.53. The van der Waals surface area contributed by atoms with Crippen LogP contribution in [0.5, 0.6) is 0 Å². The van der Waals surface area contributed by atoms with Gasteiger partial charge in [-0.25, -0.2) is 0 Å². The molecule has 108 valence electrons. The normalized spacial score (nSPS) is 41.2. The topological polar surface area (TPSA) is 63.6 Å². The van der Waals surface area contributed by atoms with Crippen molar-refractivity contribution in [1.82, 2.24) is 0 Å². The molecule has 2 atom stereocenters. The molecular weight excluding hydrogens is 264 g/mol. The van der Waals surface area contributed by atoms with Crippen molar-refractivity contribution in [2.24, 2.45) is 5.41 Å². The second-order valence-corrected chi connectivity index (χ2v) is 9.52. The summed E-state index contributed by atoms with van der Waals surface area (Å²) in [6, 6.07) is 0. The monoisotopic (exact) mass is 286 g/mol. The smallest absolute Gasteiger partial charge is 0.315 e. The zero-order chi connectivity index (χ0) is 13.7. The van der Waals surface area contributed by atoms with E-state index in [1.54, 1.807) is 0 Å². The Hall–Kier alpha value is -0.550. The van der Waals surface area contributed by atoms with Gasteiger partial charge in [0.2, 0.25) is 0 Å². The van der Waals surface area contributed by atoms with Crippen molar-refractivity contribution in [3.05, 3.63) is 0 Å². The molecule has 19 heavy (non-hydrogen) atoms. The van der Waals surface area contributed by atoms with Gasteiger partial charge in [-0.15, -0.1) is 0 Å². The van der Waals surface area contributed by atoms with Gasteiger partial charge < -0.3 is 9.84 Å². The van der Waals surface area contributed by atoms with Crippen LogP contribution in [0.25, 0.3) is 0 Å². The highest BCUT2D eigenvalue weighted by atomic mass is 32.2. The molecule has 0 radical (unpaired) electrons. The number of aliphatic carboxylic acids is 1. The van der Waals surface area contributed by atoms with Gasteiger partial charge in [-0.3, -0.25) is 9.00 Å². The molecule has 2 fully saturated rings. The van der Waals surface area contributed by atoms with Crippen molar-refractivity contribution < 1.29 is 18.8 Å². The van der Waals surface area contributed by atoms with Gasteiger partial charge in [0.05, 0.1) is 0 Å². The second kappa shape index (κ2) is 4.22. The van der Waals surface area contributed by atoms with E-state index in [0.717, 1.165) is 37.0 Å². The van der Waals surface area contributed by atoms with Crippen LogP contribution in [0.1, 0.15) is 45.4 Å². The molecule has 1 saturated heterocycles. The Morgan fingerprint density at radius 3 is 2.58 bits per heavy atom. The zero-order valence-electron chi connectivity index (χ0n) is 11.4. The minimum absolute atomic E-state index is 0.239. The lowest BCUT2D eigenvalue weighted by atomic mass is 9.74. The third kappa shape index (κ3) is 1.64. The number of rotatable bonds is 2. The number of ether oxygens (including phenoxy) is 1. The molecular formula is C14H22O4S. The summed E-state index contributed by atoms with van der Waals surface area (Å²) in [7, 11) is -2.14. The maximum atomic E-state index is 13.4. The van der Waals surface area contributed by atoms with E-state index in [4.69, 9.17) is 4.74 Å². The quantitative estimate of drug-likeness (QED) is 0.784. The minimum Gasteiger partial charge on any atom is -0.481 e. The Morgan fingerprint density at radius 2 is 1.95 bits per heavy atom. The first-order chi connectivity index (χ1) is 8.95. The van der Waals surface area contributed by atoms with Crippen molar-refractivity contribution in [2.75, 3.05) is 19.0 Å². The Kier molecular flexibility index (Phi) is 2.98. The van der Waals surface area contributed by atoms with Crippen molar-refractivity contribution in [3.8, 4) is 0 Å². The summed E-state index contributed by atoms with van der Waals surface area (Å²) >= 11 is 0. The third-order valence-electron chi connectivity index (χ3n) is 5.39. The van der Waals surface area contributed by atoms with E-state index in [1.807, 2.05) is 0 Å². The largest absolute Gasteiger partial charge is 0.481 e. The minimum atomic E-state index is -2.14. The third-order valence-corrected chi connectivity index (χ3v) is 9.69. The molecule has 0 spiro atoms. The lowest BCUT2D eigenvalue weighted by molar-refractivity contribution is -0.144.